The molecule has 1 aromatic rings. The Hall–Kier alpha value is -2.37. The van der Waals surface area contributed by atoms with Gasteiger partial charge < -0.3 is 15.4 Å². The Morgan fingerprint density at radius 1 is 0.519 bits per heavy atom. The second kappa shape index (κ2) is 32.1. The van der Waals surface area contributed by atoms with E-state index in [0.29, 0.717) is 36.4 Å². The van der Waals surface area contributed by atoms with Gasteiger partial charge in [-0.25, -0.2) is 0 Å². The average Bonchev–Trinajstić information content (AvgIpc) is 3.12. The van der Waals surface area contributed by atoms with Crippen LogP contribution in [0.2, 0.25) is 0 Å². The van der Waals surface area contributed by atoms with Crippen LogP contribution in [0.1, 0.15) is 244 Å². The number of unbranched alkanes of at least 4 members (excludes halogenated alkanes) is 24. The maximum atomic E-state index is 13.3. The third-order valence-electron chi connectivity index (χ3n) is 10.4. The largest absolute Gasteiger partial charge is 0.424 e. The molecule has 2 N–H and O–H groups in total. The number of esters is 1. The third-order valence-corrected chi connectivity index (χ3v) is 10.4. The molecule has 6 heteroatoms. The van der Waals surface area contributed by atoms with Crippen molar-refractivity contribution in [3.63, 3.8) is 0 Å². The van der Waals surface area contributed by atoms with E-state index < -0.39 is 0 Å². The van der Waals surface area contributed by atoms with Crippen LogP contribution in [0.15, 0.2) is 6.07 Å². The van der Waals surface area contributed by atoms with Gasteiger partial charge in [0.2, 0.25) is 11.8 Å². The van der Waals surface area contributed by atoms with Crippen molar-refractivity contribution in [3.05, 3.63) is 17.2 Å². The van der Waals surface area contributed by atoms with Crippen molar-refractivity contribution in [1.29, 1.82) is 0 Å². The number of carbonyl (C=O) groups is 3. The number of carbonyl (C=O) groups excluding carboxylic acids is 3. The number of ether oxygens (including phenoxy) is 1. The second-order valence-corrected chi connectivity index (χ2v) is 15.8. The first-order valence-electron chi connectivity index (χ1n) is 22.2. The molecule has 1 rings (SSSR count). The van der Waals surface area contributed by atoms with Crippen LogP contribution in [-0.2, 0) is 14.4 Å². The number of benzene rings is 1. The fourth-order valence-electron chi connectivity index (χ4n) is 6.95. The first kappa shape index (κ1) is 47.7. The molecule has 0 aliphatic carbocycles. The molecule has 0 bridgehead atoms. The normalized spacial score (nSPS) is 11.3. The van der Waals surface area contributed by atoms with Gasteiger partial charge in [-0.2, -0.15) is 0 Å². The number of hydrogen-bond acceptors (Lipinski definition) is 4. The molecule has 0 radical (unpaired) electrons. The summed E-state index contributed by atoms with van der Waals surface area (Å²) in [7, 11) is 0. The van der Waals surface area contributed by atoms with Gasteiger partial charge in [0.05, 0.1) is 5.69 Å². The fourth-order valence-corrected chi connectivity index (χ4v) is 6.95. The predicted molar refractivity (Wildman–Crippen MR) is 224 cm³/mol. The van der Waals surface area contributed by atoms with Crippen LogP contribution in [0.4, 0.5) is 11.4 Å². The molecule has 0 aromatic heterocycles. The molecule has 52 heavy (non-hydrogen) atoms. The molecule has 0 aliphatic heterocycles. The lowest BCUT2D eigenvalue weighted by atomic mass is 9.96. The van der Waals surface area contributed by atoms with Gasteiger partial charge in [-0.3, -0.25) is 14.4 Å². The highest BCUT2D eigenvalue weighted by Gasteiger charge is 2.23. The van der Waals surface area contributed by atoms with Crippen LogP contribution < -0.4 is 15.4 Å². The van der Waals surface area contributed by atoms with Gasteiger partial charge in [-0.1, -0.05) is 189 Å². The lowest BCUT2D eigenvalue weighted by Gasteiger charge is -2.23. The topological polar surface area (TPSA) is 84.5 Å². The molecule has 2 amide bonds. The highest BCUT2D eigenvalue weighted by atomic mass is 16.5. The van der Waals surface area contributed by atoms with E-state index in [4.69, 9.17) is 4.74 Å². The molecule has 0 saturated carbocycles. The van der Waals surface area contributed by atoms with E-state index in [-0.39, 0.29) is 23.7 Å². The number of anilines is 2. The van der Waals surface area contributed by atoms with Gasteiger partial charge in [0.1, 0.15) is 0 Å². The summed E-state index contributed by atoms with van der Waals surface area (Å²) in [5.74, 6) is 0.113. The predicted octanol–water partition coefficient (Wildman–Crippen LogP) is 14.7. The highest BCUT2D eigenvalue weighted by Crippen LogP contribution is 2.41. The minimum absolute atomic E-state index is 0.0113. The van der Waals surface area contributed by atoms with Gasteiger partial charge >= 0.3 is 5.97 Å². The lowest BCUT2D eigenvalue weighted by molar-refractivity contribution is -0.134. The van der Waals surface area contributed by atoms with Gasteiger partial charge in [0, 0.05) is 30.5 Å². The molecule has 0 unspecified atom stereocenters. The Morgan fingerprint density at radius 3 is 1.25 bits per heavy atom. The zero-order valence-electron chi connectivity index (χ0n) is 35.0. The quantitative estimate of drug-likeness (QED) is 0.0421. The van der Waals surface area contributed by atoms with Crippen LogP contribution in [0, 0.1) is 6.92 Å². The van der Waals surface area contributed by atoms with Crippen molar-refractivity contribution >= 4 is 29.2 Å². The smallest absolute Gasteiger partial charge is 0.311 e. The SMILES string of the molecule is CCCCCCCCCCCC(=O)Nc1cc(C(C)C)c(OC(=O)CCCCCCCCCCC)c(NC(=O)CCCCCCCCCCC)c1C. The molecule has 0 fully saturated rings. The fraction of sp³-hybridized carbons (Fsp3) is 0.804. The molecular weight excluding hydrogens is 645 g/mol. The molecule has 0 atom stereocenters. The minimum atomic E-state index is -0.263. The number of amides is 2. The van der Waals surface area contributed by atoms with Gasteiger partial charge in [-0.15, -0.1) is 0 Å². The summed E-state index contributed by atoms with van der Waals surface area (Å²) in [6.45, 7) is 12.8. The van der Waals surface area contributed by atoms with E-state index in [2.05, 4.69) is 45.3 Å². The van der Waals surface area contributed by atoms with Crippen molar-refractivity contribution in [2.45, 2.75) is 240 Å². The van der Waals surface area contributed by atoms with Crippen LogP contribution in [0.3, 0.4) is 0 Å². The number of rotatable bonds is 34. The van der Waals surface area contributed by atoms with E-state index >= 15 is 0 Å². The van der Waals surface area contributed by atoms with Crippen LogP contribution in [0.25, 0.3) is 0 Å². The van der Waals surface area contributed by atoms with Crippen LogP contribution >= 0.6 is 0 Å². The Kier molecular flexibility index (Phi) is 29.4. The molecule has 0 spiro atoms. The molecule has 0 saturated heterocycles. The summed E-state index contributed by atoms with van der Waals surface area (Å²) in [5, 5.41) is 6.29. The monoisotopic (exact) mass is 727 g/mol. The van der Waals surface area contributed by atoms with E-state index in [9.17, 15) is 14.4 Å². The van der Waals surface area contributed by atoms with Gasteiger partial charge in [0.15, 0.2) is 5.75 Å². The highest BCUT2D eigenvalue weighted by molar-refractivity contribution is 5.98. The number of nitrogens with one attached hydrogen (secondary N) is 2. The summed E-state index contributed by atoms with van der Waals surface area (Å²) in [6, 6.07) is 1.95. The van der Waals surface area contributed by atoms with Crippen molar-refractivity contribution < 1.29 is 19.1 Å². The first-order chi connectivity index (χ1) is 25.2. The zero-order valence-corrected chi connectivity index (χ0v) is 35.0. The van der Waals surface area contributed by atoms with E-state index in [1.165, 1.54) is 122 Å². The molecule has 0 heterocycles. The first-order valence-corrected chi connectivity index (χ1v) is 22.2. The van der Waals surface area contributed by atoms with Crippen LogP contribution in [0.5, 0.6) is 5.75 Å². The molecule has 1 aromatic carbocycles. The van der Waals surface area contributed by atoms with E-state index in [1.54, 1.807) is 0 Å². The molecule has 300 valence electrons. The molecular formula is C46H82N2O4. The Morgan fingerprint density at radius 2 is 0.865 bits per heavy atom. The van der Waals surface area contributed by atoms with Crippen molar-refractivity contribution in [1.82, 2.24) is 0 Å². The summed E-state index contributed by atoms with van der Waals surface area (Å²) in [5.41, 5.74) is 2.76. The van der Waals surface area contributed by atoms with E-state index in [1.807, 2.05) is 13.0 Å². The summed E-state index contributed by atoms with van der Waals surface area (Å²) < 4.78 is 6.12. The average molecular weight is 727 g/mol. The molecule has 6 nitrogen and oxygen atoms in total. The van der Waals surface area contributed by atoms with Gasteiger partial charge in [0.25, 0.3) is 0 Å². The zero-order chi connectivity index (χ0) is 38.2. The van der Waals surface area contributed by atoms with Gasteiger partial charge in [-0.05, 0) is 43.7 Å². The van der Waals surface area contributed by atoms with Crippen molar-refractivity contribution in [3.8, 4) is 5.75 Å². The van der Waals surface area contributed by atoms with Crippen molar-refractivity contribution in [2.24, 2.45) is 0 Å². The number of hydrogen-bond donors (Lipinski definition) is 2. The second-order valence-electron chi connectivity index (χ2n) is 15.8. The standard InChI is InChI=1S/C46H82N2O4/c1-7-10-13-16-19-22-25-28-31-34-42(49)47-41-37-40(38(4)5)46(52-44(51)36-33-30-27-24-21-18-15-12-9-3)45(39(41)6)48-43(50)35-32-29-26-23-20-17-14-11-8-2/h37-38H,7-36H2,1-6H3,(H,47,49)(H,48,50). The lowest BCUT2D eigenvalue weighted by Crippen LogP contribution is -2.19. The Bertz CT molecular complexity index is 1080. The van der Waals surface area contributed by atoms with Crippen LogP contribution in [-0.4, -0.2) is 17.8 Å². The maximum absolute atomic E-state index is 13.3. The van der Waals surface area contributed by atoms with Crippen molar-refractivity contribution in [2.75, 3.05) is 10.6 Å². The summed E-state index contributed by atoms with van der Waals surface area (Å²) >= 11 is 0. The summed E-state index contributed by atoms with van der Waals surface area (Å²) in [6.07, 6.45) is 33.5. The summed E-state index contributed by atoms with van der Waals surface area (Å²) in [4.78, 5) is 39.7. The van der Waals surface area contributed by atoms with E-state index in [0.717, 1.165) is 62.5 Å². The maximum Gasteiger partial charge on any atom is 0.311 e. The Balaban J connectivity index is 2.91. The molecule has 0 aliphatic rings. The Labute approximate surface area is 321 Å². The third kappa shape index (κ3) is 23.3. The minimum Gasteiger partial charge on any atom is -0.424 e.